The fourth-order valence-corrected chi connectivity index (χ4v) is 7.00. The van der Waals surface area contributed by atoms with Gasteiger partial charge in [0.05, 0.1) is 48.1 Å². The molecule has 1 aromatic heterocycles. The van der Waals surface area contributed by atoms with E-state index in [0.29, 0.717) is 19.3 Å². The lowest BCUT2D eigenvalue weighted by molar-refractivity contribution is 0.281. The minimum absolute atomic E-state index is 0.265. The zero-order valence-electron chi connectivity index (χ0n) is 29.3. The molecule has 2 unspecified atom stereocenters. The molecule has 254 valence electrons. The Hall–Kier alpha value is -5.18. The standard InChI is InChI=1S/C42H44N6O2/c1-46(2)19-7-21-49-33-11-5-9-28(23-33)41-35-16-13-30(43-35)25-31-14-18-37(44-31)42(29-10-6-12-34(24-29)50-22-8-20-47(3)4)40-27-39-38(48(39)40)26-32-15-17-36(41)45-32/h5-6,9-18,23-27,38-39,43H,7-8,19-22H2,1-4H3/b30-25?,32-26-,41-35-,42-37?. The van der Waals surface area contributed by atoms with Crippen molar-refractivity contribution in [3.05, 3.63) is 136 Å². The second kappa shape index (κ2) is 13.6. The van der Waals surface area contributed by atoms with E-state index in [4.69, 9.17) is 19.5 Å². The maximum Gasteiger partial charge on any atom is 0.119 e. The number of benzene rings is 2. The third kappa shape index (κ3) is 6.69. The fraction of sp³-hybridized carbons (Fsp3) is 0.286. The van der Waals surface area contributed by atoms with E-state index in [1.807, 2.05) is 12.1 Å². The van der Waals surface area contributed by atoms with Gasteiger partial charge in [-0.15, -0.1) is 0 Å². The molecule has 8 rings (SSSR count). The maximum absolute atomic E-state index is 6.18. The zero-order valence-corrected chi connectivity index (χ0v) is 29.3. The summed E-state index contributed by atoms with van der Waals surface area (Å²) in [6.45, 7) is 3.34. The molecule has 6 bridgehead atoms. The number of nitrogens with zero attached hydrogens (tertiary/aromatic N) is 5. The van der Waals surface area contributed by atoms with Crippen molar-refractivity contribution in [2.45, 2.75) is 24.9 Å². The summed E-state index contributed by atoms with van der Waals surface area (Å²) in [6, 6.07) is 21.7. The number of ether oxygens (including phenoxy) is 2. The van der Waals surface area contributed by atoms with Gasteiger partial charge in [0, 0.05) is 40.6 Å². The van der Waals surface area contributed by atoms with Crippen LogP contribution in [0.2, 0.25) is 0 Å². The number of nitrogens with one attached hydrogen (secondary N) is 1. The van der Waals surface area contributed by atoms with Crippen LogP contribution in [0.4, 0.5) is 0 Å². The van der Waals surface area contributed by atoms with Crippen LogP contribution in [0.15, 0.2) is 124 Å². The van der Waals surface area contributed by atoms with Gasteiger partial charge < -0.3 is 29.2 Å². The summed E-state index contributed by atoms with van der Waals surface area (Å²) in [6.07, 6.45) is 17.2. The predicted octanol–water partition coefficient (Wildman–Crippen LogP) is 4.94. The molecule has 6 heterocycles. The van der Waals surface area contributed by atoms with Crippen molar-refractivity contribution in [2.24, 2.45) is 9.98 Å². The highest BCUT2D eigenvalue weighted by Gasteiger charge is 2.54. The van der Waals surface area contributed by atoms with E-state index < -0.39 is 0 Å². The highest BCUT2D eigenvalue weighted by atomic mass is 16.5. The van der Waals surface area contributed by atoms with Crippen molar-refractivity contribution in [1.82, 2.24) is 19.7 Å². The van der Waals surface area contributed by atoms with Gasteiger partial charge in [-0.25, -0.2) is 9.98 Å². The highest BCUT2D eigenvalue weighted by molar-refractivity contribution is 6.30. The largest absolute Gasteiger partial charge is 0.494 e. The first-order valence-electron chi connectivity index (χ1n) is 17.6. The van der Waals surface area contributed by atoms with Crippen LogP contribution in [-0.4, -0.2) is 97.7 Å². The van der Waals surface area contributed by atoms with E-state index in [9.17, 15) is 0 Å². The zero-order chi connectivity index (χ0) is 34.2. The first-order valence-corrected chi connectivity index (χ1v) is 17.6. The lowest BCUT2D eigenvalue weighted by Crippen LogP contribution is -2.18. The molecule has 0 saturated carbocycles. The average Bonchev–Trinajstić information content (AvgIpc) is 3.63. The Morgan fingerprint density at radius 2 is 1.40 bits per heavy atom. The van der Waals surface area contributed by atoms with Gasteiger partial charge in [0.25, 0.3) is 0 Å². The predicted molar refractivity (Wildman–Crippen MR) is 203 cm³/mol. The Labute approximate surface area is 294 Å². The molecule has 0 spiro atoms. The fourth-order valence-electron chi connectivity index (χ4n) is 7.00. The molecular weight excluding hydrogens is 621 g/mol. The second-order valence-electron chi connectivity index (χ2n) is 13.9. The smallest absolute Gasteiger partial charge is 0.119 e. The minimum Gasteiger partial charge on any atom is -0.494 e. The van der Waals surface area contributed by atoms with E-state index in [2.05, 4.69) is 139 Å². The van der Waals surface area contributed by atoms with E-state index in [1.54, 1.807) is 0 Å². The highest BCUT2D eigenvalue weighted by Crippen LogP contribution is 2.51. The molecule has 8 nitrogen and oxygen atoms in total. The van der Waals surface area contributed by atoms with E-state index in [1.165, 1.54) is 5.70 Å². The van der Waals surface area contributed by atoms with Crippen molar-refractivity contribution in [3.8, 4) is 11.5 Å². The number of aromatic amines is 1. The number of rotatable bonds is 12. The molecular formula is C42H44N6O2. The van der Waals surface area contributed by atoms with Gasteiger partial charge in [-0.3, -0.25) is 0 Å². The quantitative estimate of drug-likeness (QED) is 0.220. The molecule has 1 N–H and O–H groups in total. The van der Waals surface area contributed by atoms with Crippen molar-refractivity contribution in [2.75, 3.05) is 54.5 Å². The average molecular weight is 665 g/mol. The number of H-pyrrole nitrogens is 1. The molecule has 50 heavy (non-hydrogen) atoms. The van der Waals surface area contributed by atoms with Crippen molar-refractivity contribution in [3.63, 3.8) is 0 Å². The Bertz CT molecular complexity index is 2160. The van der Waals surface area contributed by atoms with Gasteiger partial charge in [-0.1, -0.05) is 24.3 Å². The number of allylic oxidation sites excluding steroid dienone is 5. The normalized spacial score (nSPS) is 22.1. The molecule has 0 aliphatic carbocycles. The molecule has 5 aliphatic rings. The second-order valence-corrected chi connectivity index (χ2v) is 13.9. The summed E-state index contributed by atoms with van der Waals surface area (Å²) >= 11 is 0. The Kier molecular flexibility index (Phi) is 8.73. The molecule has 3 aromatic rings. The van der Waals surface area contributed by atoms with Gasteiger partial charge >= 0.3 is 0 Å². The van der Waals surface area contributed by atoms with Crippen LogP contribution in [0.5, 0.6) is 11.5 Å². The topological polar surface area (TPSA) is 68.5 Å². The molecule has 0 radical (unpaired) electrons. The summed E-state index contributed by atoms with van der Waals surface area (Å²) in [5.41, 5.74) is 9.33. The first-order chi connectivity index (χ1) is 24.4. The van der Waals surface area contributed by atoms with E-state index in [-0.39, 0.29) is 6.04 Å². The minimum atomic E-state index is 0.265. The summed E-state index contributed by atoms with van der Waals surface area (Å²) < 4.78 is 12.4. The van der Waals surface area contributed by atoms with E-state index in [0.717, 1.165) is 93.2 Å². The number of fused-ring (bicyclic) bond motifs is 5. The van der Waals surface area contributed by atoms with Crippen molar-refractivity contribution in [1.29, 1.82) is 0 Å². The Balaban J connectivity index is 1.17. The molecule has 8 heteroatoms. The summed E-state index contributed by atoms with van der Waals surface area (Å²) in [4.78, 5) is 20.8. The van der Waals surface area contributed by atoms with Crippen LogP contribution in [-0.2, 0) is 0 Å². The van der Waals surface area contributed by atoms with Crippen LogP contribution in [0.3, 0.4) is 0 Å². The summed E-state index contributed by atoms with van der Waals surface area (Å²) in [5.74, 6) is 1.74. The number of aliphatic imine (C=N–C) groups is 2. The van der Waals surface area contributed by atoms with Crippen LogP contribution >= 0.6 is 0 Å². The molecule has 2 atom stereocenters. The number of hydrogen-bond acceptors (Lipinski definition) is 7. The van der Waals surface area contributed by atoms with Crippen LogP contribution < -0.4 is 20.2 Å². The maximum atomic E-state index is 6.18. The molecule has 2 aromatic carbocycles. The summed E-state index contributed by atoms with van der Waals surface area (Å²) in [7, 11) is 8.35. The van der Waals surface area contributed by atoms with Crippen molar-refractivity contribution < 1.29 is 9.47 Å². The molecule has 1 fully saturated rings. The van der Waals surface area contributed by atoms with Crippen LogP contribution in [0, 0.1) is 0 Å². The number of hydrogen-bond donors (Lipinski definition) is 1. The van der Waals surface area contributed by atoms with Crippen molar-refractivity contribution >= 4 is 28.6 Å². The lowest BCUT2D eigenvalue weighted by atomic mass is 9.97. The van der Waals surface area contributed by atoms with Gasteiger partial charge in [-0.05, 0) is 131 Å². The number of aromatic nitrogens is 1. The third-order valence-corrected chi connectivity index (χ3v) is 9.51. The van der Waals surface area contributed by atoms with Crippen LogP contribution in [0.25, 0.3) is 17.2 Å². The van der Waals surface area contributed by atoms with Gasteiger partial charge in [0.2, 0.25) is 0 Å². The first kappa shape index (κ1) is 32.0. The van der Waals surface area contributed by atoms with Gasteiger partial charge in [0.1, 0.15) is 11.5 Å². The Morgan fingerprint density at radius 1 is 0.720 bits per heavy atom. The molecule has 1 saturated heterocycles. The molecule has 0 amide bonds. The van der Waals surface area contributed by atoms with Gasteiger partial charge in [0.15, 0.2) is 0 Å². The monoisotopic (exact) mass is 664 g/mol. The van der Waals surface area contributed by atoms with E-state index >= 15 is 0 Å². The Morgan fingerprint density at radius 3 is 2.10 bits per heavy atom. The van der Waals surface area contributed by atoms with Gasteiger partial charge in [-0.2, -0.15) is 0 Å². The SMILES string of the molecule is CN(C)CCCOc1cccc(C2=C3C=CC(=N3)C=c3cc/c([nH]3)=C(\c3cccc(OCCCN(C)C)c3)C3=N/C(=C\C4C5C=C2N54)C=C3)c1. The third-order valence-electron chi connectivity index (χ3n) is 9.51. The molecule has 5 aliphatic heterocycles. The van der Waals surface area contributed by atoms with Crippen LogP contribution in [0.1, 0.15) is 24.0 Å². The lowest BCUT2D eigenvalue weighted by Gasteiger charge is -2.22. The summed E-state index contributed by atoms with van der Waals surface area (Å²) in [5, 5.41) is 1.98.